The summed E-state index contributed by atoms with van der Waals surface area (Å²) in [4.78, 5) is 3.64. The third kappa shape index (κ3) is 9.33. The summed E-state index contributed by atoms with van der Waals surface area (Å²) in [6, 6.07) is 22.0. The molecule has 4 aliphatic rings. The molecular formula is C57H71N3. The second-order valence-electron chi connectivity index (χ2n) is 15.7. The zero-order chi connectivity index (χ0) is 44.2. The van der Waals surface area contributed by atoms with Gasteiger partial charge in [0, 0.05) is 51.8 Å². The third-order valence-corrected chi connectivity index (χ3v) is 11.8. The van der Waals surface area contributed by atoms with Gasteiger partial charge in [-0.3, -0.25) is 4.68 Å². The Bertz CT molecular complexity index is 2510. The molecule has 0 atom stereocenters. The summed E-state index contributed by atoms with van der Waals surface area (Å²) in [5.41, 5.74) is 23.2. The molecule has 0 unspecified atom stereocenters. The highest BCUT2D eigenvalue weighted by Crippen LogP contribution is 2.50. The maximum absolute atomic E-state index is 4.31. The van der Waals surface area contributed by atoms with Gasteiger partial charge in [0.25, 0.3) is 0 Å². The van der Waals surface area contributed by atoms with Crippen molar-refractivity contribution < 1.29 is 0 Å². The highest BCUT2D eigenvalue weighted by atomic mass is 15.3. The van der Waals surface area contributed by atoms with E-state index >= 15 is 0 Å². The number of hydrogen-bond donors (Lipinski definition) is 2. The Labute approximate surface area is 363 Å². The van der Waals surface area contributed by atoms with Gasteiger partial charge in [-0.15, -0.1) is 5.73 Å². The number of fused-ring (bicyclic) bond motifs is 6. The first-order valence-electron chi connectivity index (χ1n) is 22.2. The Hall–Kier alpha value is -5.76. The van der Waals surface area contributed by atoms with Gasteiger partial charge in [0.15, 0.2) is 0 Å². The smallest absolute Gasteiger partial charge is 0.0816 e. The SMILES string of the molecule is C/C=C\C=C/C.C=C(/C=C\C1=C(C)C(C)(C)c2ccccc21)c1cccc(-c2c[nH]n2C)c1.CC.CC.CC.CC1(C)C2=C(C=C=C2)c2cc3c4c([nH]c3cc21)CCC=C4. The van der Waals surface area contributed by atoms with Crippen LogP contribution in [0.15, 0.2) is 145 Å². The summed E-state index contributed by atoms with van der Waals surface area (Å²) in [6.45, 7) is 31.8. The summed E-state index contributed by atoms with van der Waals surface area (Å²) in [5.74, 6) is 0. The number of benzene rings is 3. The minimum Gasteiger partial charge on any atom is -0.358 e. The van der Waals surface area contributed by atoms with Crippen LogP contribution in [0, 0.1) is 0 Å². The normalized spacial score (nSPS) is 15.6. The molecule has 2 heterocycles. The first-order valence-corrected chi connectivity index (χ1v) is 22.2. The van der Waals surface area contributed by atoms with Gasteiger partial charge in [0.2, 0.25) is 0 Å². The molecule has 314 valence electrons. The van der Waals surface area contributed by atoms with E-state index < -0.39 is 0 Å². The van der Waals surface area contributed by atoms with Crippen LogP contribution < -0.4 is 0 Å². The number of H-pyrrole nitrogens is 2. The Balaban J connectivity index is 0.000000213. The van der Waals surface area contributed by atoms with Crippen LogP contribution in [0.2, 0.25) is 0 Å². The number of aromatic amines is 2. The van der Waals surface area contributed by atoms with Crippen molar-refractivity contribution in [2.45, 2.75) is 114 Å². The molecule has 0 saturated carbocycles. The molecule has 0 fully saturated rings. The predicted molar refractivity (Wildman–Crippen MR) is 267 cm³/mol. The van der Waals surface area contributed by atoms with Crippen LogP contribution in [0.3, 0.4) is 0 Å². The average Bonchev–Trinajstić information content (AvgIpc) is 4.01. The summed E-state index contributed by atoms with van der Waals surface area (Å²) >= 11 is 0. The van der Waals surface area contributed by atoms with Crippen LogP contribution in [0.1, 0.15) is 136 Å². The number of nitrogens with one attached hydrogen (secondary N) is 2. The van der Waals surface area contributed by atoms with Crippen molar-refractivity contribution in [1.29, 1.82) is 0 Å². The van der Waals surface area contributed by atoms with Crippen molar-refractivity contribution in [3.8, 4) is 11.3 Å². The monoisotopic (exact) mass is 798 g/mol. The largest absolute Gasteiger partial charge is 0.358 e. The number of aryl methyl sites for hydroxylation is 2. The van der Waals surface area contributed by atoms with E-state index in [0.29, 0.717) is 0 Å². The van der Waals surface area contributed by atoms with Crippen molar-refractivity contribution >= 4 is 33.7 Å². The number of allylic oxidation sites excluding steroid dienone is 13. The van der Waals surface area contributed by atoms with Crippen LogP contribution in [0.25, 0.3) is 45.0 Å². The van der Waals surface area contributed by atoms with Gasteiger partial charge in [-0.2, -0.15) is 0 Å². The molecular weight excluding hydrogens is 727 g/mol. The van der Waals surface area contributed by atoms with Gasteiger partial charge in [0.05, 0.1) is 5.69 Å². The first kappa shape index (κ1) is 46.9. The maximum Gasteiger partial charge on any atom is 0.0816 e. The fourth-order valence-corrected chi connectivity index (χ4v) is 8.26. The summed E-state index contributed by atoms with van der Waals surface area (Å²) in [6.07, 6.45) is 25.5. The van der Waals surface area contributed by atoms with Crippen LogP contribution in [-0.2, 0) is 24.3 Å². The van der Waals surface area contributed by atoms with E-state index in [4.69, 9.17) is 0 Å². The second kappa shape index (κ2) is 21.0. The lowest BCUT2D eigenvalue weighted by Gasteiger charge is -2.22. The van der Waals surface area contributed by atoms with Gasteiger partial charge in [-0.25, -0.2) is 0 Å². The number of hydrogen-bond acceptors (Lipinski definition) is 0. The minimum atomic E-state index is 0.0752. The van der Waals surface area contributed by atoms with Crippen LogP contribution >= 0.6 is 0 Å². The van der Waals surface area contributed by atoms with Gasteiger partial charge < -0.3 is 10.1 Å². The topological polar surface area (TPSA) is 36.5 Å². The van der Waals surface area contributed by atoms with Gasteiger partial charge in [0.1, 0.15) is 0 Å². The number of aromatic nitrogens is 3. The highest BCUT2D eigenvalue weighted by molar-refractivity contribution is 5.99. The molecule has 2 aromatic heterocycles. The van der Waals surface area contributed by atoms with E-state index in [-0.39, 0.29) is 10.8 Å². The highest BCUT2D eigenvalue weighted by Gasteiger charge is 2.38. The van der Waals surface area contributed by atoms with Gasteiger partial charge in [-0.1, -0.05) is 172 Å². The molecule has 4 aliphatic carbocycles. The lowest BCUT2D eigenvalue weighted by Crippen LogP contribution is -2.15. The van der Waals surface area contributed by atoms with E-state index in [9.17, 15) is 0 Å². The molecule has 0 spiro atoms. The van der Waals surface area contributed by atoms with E-state index in [1.165, 1.54) is 78.0 Å². The van der Waals surface area contributed by atoms with Crippen molar-refractivity contribution in [2.24, 2.45) is 7.05 Å². The fourth-order valence-electron chi connectivity index (χ4n) is 8.26. The Morgan fingerprint density at radius 1 is 0.817 bits per heavy atom. The Kier molecular flexibility index (Phi) is 16.4. The Morgan fingerprint density at radius 3 is 2.17 bits per heavy atom. The van der Waals surface area contributed by atoms with Crippen LogP contribution in [-0.4, -0.2) is 14.8 Å². The Morgan fingerprint density at radius 2 is 1.52 bits per heavy atom. The molecule has 3 heteroatoms. The fraction of sp³-hybridized carbons (Fsp3) is 0.316. The zero-order valence-electron chi connectivity index (χ0n) is 39.2. The molecule has 0 aliphatic heterocycles. The summed E-state index contributed by atoms with van der Waals surface area (Å²) in [5, 5.41) is 4.48. The van der Waals surface area contributed by atoms with Gasteiger partial charge in [-0.05, 0) is 114 Å². The van der Waals surface area contributed by atoms with Gasteiger partial charge >= 0.3 is 0 Å². The van der Waals surface area contributed by atoms with Crippen LogP contribution in [0.5, 0.6) is 0 Å². The molecule has 0 radical (unpaired) electrons. The second-order valence-corrected chi connectivity index (χ2v) is 15.7. The average molecular weight is 798 g/mol. The molecule has 5 aromatic rings. The number of rotatable bonds is 5. The van der Waals surface area contributed by atoms with Crippen molar-refractivity contribution in [2.75, 3.05) is 0 Å². The summed E-state index contributed by atoms with van der Waals surface area (Å²) < 4.78 is 2.02. The molecule has 2 N–H and O–H groups in total. The predicted octanol–water partition coefficient (Wildman–Crippen LogP) is 16.5. The van der Waals surface area contributed by atoms with Crippen molar-refractivity contribution in [1.82, 2.24) is 14.8 Å². The van der Waals surface area contributed by atoms with E-state index in [1.54, 1.807) is 0 Å². The first-order chi connectivity index (χ1) is 29.0. The summed E-state index contributed by atoms with van der Waals surface area (Å²) in [7, 11) is 2.02. The molecule has 3 aromatic carbocycles. The zero-order valence-corrected chi connectivity index (χ0v) is 39.2. The minimum absolute atomic E-state index is 0.0752. The van der Waals surface area contributed by atoms with Crippen LogP contribution in [0.4, 0.5) is 0 Å². The molecule has 60 heavy (non-hydrogen) atoms. The third-order valence-electron chi connectivity index (χ3n) is 11.8. The van der Waals surface area contributed by atoms with E-state index in [0.717, 1.165) is 24.0 Å². The standard InChI is InChI=1S/C25H26N2.C20H17N.C6H10.3C2H6/c1-17(19-9-8-10-20(15-19)24-16-26-27(24)5)13-14-21-18(2)25(3,4)23-12-7-6-11-22(21)23;1-20(2)16-8-5-7-12(16)14-10-15-13-6-3-4-9-18(13)21-19(15)11-17(14)20;1-3-5-6-4-2;3*1-2/h6-16,26H,1H2,2-5H3;3,6-8,10-11,21H,4,9H2,1-2H3;3-6H,1-2H3;3*1-2H3/b14-13-;;5-3-,6-4-;;;. The number of nitrogens with zero attached hydrogens (tertiary/aromatic N) is 1. The molecule has 0 amide bonds. The lowest BCUT2D eigenvalue weighted by molar-refractivity contribution is 0.639. The van der Waals surface area contributed by atoms with E-state index in [1.807, 2.05) is 97.6 Å². The molecule has 3 nitrogen and oxygen atoms in total. The van der Waals surface area contributed by atoms with E-state index in [2.05, 4.69) is 154 Å². The quantitative estimate of drug-likeness (QED) is 0.131. The molecule has 9 rings (SSSR count). The van der Waals surface area contributed by atoms with Crippen molar-refractivity contribution in [3.05, 3.63) is 184 Å². The molecule has 0 bridgehead atoms. The van der Waals surface area contributed by atoms with Crippen molar-refractivity contribution in [3.63, 3.8) is 0 Å². The lowest BCUT2D eigenvalue weighted by atomic mass is 9.81. The molecule has 0 saturated heterocycles. The maximum atomic E-state index is 4.31.